The summed E-state index contributed by atoms with van der Waals surface area (Å²) in [5, 5.41) is 4.38. The van der Waals surface area contributed by atoms with Crippen molar-refractivity contribution in [2.75, 3.05) is 0 Å². The molecule has 0 bridgehead atoms. The number of nitrogens with zero attached hydrogens (tertiary/aromatic N) is 4. The van der Waals surface area contributed by atoms with E-state index < -0.39 is 9.05 Å². The smallest absolute Gasteiger partial charge is 0.264 e. The molecule has 0 saturated carbocycles. The summed E-state index contributed by atoms with van der Waals surface area (Å²) in [6.45, 7) is 4.17. The van der Waals surface area contributed by atoms with Crippen LogP contribution in [0.1, 0.15) is 31.1 Å². The van der Waals surface area contributed by atoms with Gasteiger partial charge in [0.25, 0.3) is 9.05 Å². The third-order valence-electron chi connectivity index (χ3n) is 3.20. The van der Waals surface area contributed by atoms with Gasteiger partial charge in [-0.05, 0) is 12.8 Å². The molecule has 0 saturated heterocycles. The Morgan fingerprint density at radius 3 is 2.45 bits per heavy atom. The molecule has 20 heavy (non-hydrogen) atoms. The molecule has 0 aromatic carbocycles. The number of rotatable bonds is 5. The number of hydrogen-bond acceptors (Lipinski definition) is 4. The predicted octanol–water partition coefficient (Wildman–Crippen LogP) is 1.72. The van der Waals surface area contributed by atoms with Gasteiger partial charge in [-0.25, -0.2) is 13.4 Å². The molecule has 2 rings (SSSR count). The molecule has 0 fully saturated rings. The predicted molar refractivity (Wildman–Crippen MR) is 76.3 cm³/mol. The Balaban J connectivity index is 2.55. The highest BCUT2D eigenvalue weighted by atomic mass is 35.7. The maximum atomic E-state index is 11.8. The lowest BCUT2D eigenvalue weighted by atomic mass is 10.2. The zero-order chi connectivity index (χ0) is 14.9. The first-order valence-corrected chi connectivity index (χ1v) is 8.68. The van der Waals surface area contributed by atoms with Gasteiger partial charge in [-0.1, -0.05) is 13.8 Å². The van der Waals surface area contributed by atoms with Crippen LogP contribution in [0.15, 0.2) is 17.3 Å². The normalized spacial score (nSPS) is 12.0. The van der Waals surface area contributed by atoms with Gasteiger partial charge in [-0.3, -0.25) is 4.68 Å². The first kappa shape index (κ1) is 15.1. The van der Waals surface area contributed by atoms with Crippen molar-refractivity contribution in [3.8, 4) is 0 Å². The average Bonchev–Trinajstić information content (AvgIpc) is 2.93. The summed E-state index contributed by atoms with van der Waals surface area (Å²) in [5.74, 6) is 0.809. The highest BCUT2D eigenvalue weighted by Crippen LogP contribution is 2.25. The second-order valence-electron chi connectivity index (χ2n) is 4.48. The minimum atomic E-state index is -3.79. The molecule has 0 spiro atoms. The largest absolute Gasteiger partial charge is 0.336 e. The minimum absolute atomic E-state index is 0.151. The molecule has 0 atom stereocenters. The molecule has 0 aliphatic heterocycles. The summed E-state index contributed by atoms with van der Waals surface area (Å²) in [4.78, 5) is 4.38. The molecule has 2 heterocycles. The van der Waals surface area contributed by atoms with Gasteiger partial charge in [0.2, 0.25) is 0 Å². The first-order valence-electron chi connectivity index (χ1n) is 6.37. The molecule has 2 aromatic rings. The number of hydrogen-bond donors (Lipinski definition) is 0. The van der Waals surface area contributed by atoms with Crippen molar-refractivity contribution in [2.24, 2.45) is 7.05 Å². The number of halogens is 1. The van der Waals surface area contributed by atoms with E-state index >= 15 is 0 Å². The highest BCUT2D eigenvalue weighted by Gasteiger charge is 2.25. The lowest BCUT2D eigenvalue weighted by Gasteiger charge is -2.06. The Hall–Kier alpha value is -1.34. The van der Waals surface area contributed by atoms with Gasteiger partial charge in [0.05, 0.1) is 17.9 Å². The SMILES string of the molecule is CCc1nn(Cc2nccn2C)c(CC)c1S(=O)(=O)Cl. The summed E-state index contributed by atoms with van der Waals surface area (Å²) in [5.41, 5.74) is 1.13. The summed E-state index contributed by atoms with van der Waals surface area (Å²) < 4.78 is 27.1. The number of imidazole rings is 1. The Morgan fingerprint density at radius 1 is 1.30 bits per heavy atom. The standard InChI is InChI=1S/C12H17ClN4O2S/c1-4-9-12(20(13,18)19)10(5-2)17(15-9)8-11-14-6-7-16(11)3/h6-7H,4-5,8H2,1-3H3. The molecule has 2 aromatic heterocycles. The van der Waals surface area contributed by atoms with Crippen LogP contribution in [0.3, 0.4) is 0 Å². The van der Waals surface area contributed by atoms with Crippen molar-refractivity contribution in [1.29, 1.82) is 0 Å². The van der Waals surface area contributed by atoms with Crippen molar-refractivity contribution in [1.82, 2.24) is 19.3 Å². The van der Waals surface area contributed by atoms with Crippen LogP contribution >= 0.6 is 10.7 Å². The van der Waals surface area contributed by atoms with Crippen molar-refractivity contribution >= 4 is 19.7 Å². The van der Waals surface area contributed by atoms with Crippen molar-refractivity contribution in [3.63, 3.8) is 0 Å². The van der Waals surface area contributed by atoms with Gasteiger partial charge in [-0.2, -0.15) is 5.10 Å². The summed E-state index contributed by atoms with van der Waals surface area (Å²) in [7, 11) is 3.64. The van der Waals surface area contributed by atoms with Crippen LogP contribution in [-0.4, -0.2) is 27.7 Å². The van der Waals surface area contributed by atoms with E-state index in [2.05, 4.69) is 10.1 Å². The zero-order valence-corrected chi connectivity index (χ0v) is 13.2. The van der Waals surface area contributed by atoms with E-state index in [-0.39, 0.29) is 4.90 Å². The van der Waals surface area contributed by atoms with Crippen LogP contribution in [0, 0.1) is 0 Å². The van der Waals surface area contributed by atoms with Crippen LogP contribution in [0.2, 0.25) is 0 Å². The molecule has 0 radical (unpaired) electrons. The Bertz CT molecular complexity index is 718. The Labute approximate surface area is 122 Å². The van der Waals surface area contributed by atoms with E-state index in [0.717, 1.165) is 5.82 Å². The van der Waals surface area contributed by atoms with Crippen LogP contribution < -0.4 is 0 Å². The topological polar surface area (TPSA) is 69.8 Å². The van der Waals surface area contributed by atoms with Gasteiger partial charge >= 0.3 is 0 Å². The monoisotopic (exact) mass is 316 g/mol. The van der Waals surface area contributed by atoms with E-state index in [0.29, 0.717) is 30.8 Å². The van der Waals surface area contributed by atoms with Crippen LogP contribution in [0.5, 0.6) is 0 Å². The zero-order valence-electron chi connectivity index (χ0n) is 11.7. The van der Waals surface area contributed by atoms with E-state index in [1.54, 1.807) is 10.9 Å². The van der Waals surface area contributed by atoms with E-state index in [1.807, 2.05) is 31.7 Å². The number of aromatic nitrogens is 4. The van der Waals surface area contributed by atoms with E-state index in [4.69, 9.17) is 10.7 Å². The molecule has 0 amide bonds. The quantitative estimate of drug-likeness (QED) is 0.788. The second kappa shape index (κ2) is 5.57. The third-order valence-corrected chi connectivity index (χ3v) is 4.62. The van der Waals surface area contributed by atoms with Gasteiger partial charge in [0.1, 0.15) is 10.7 Å². The van der Waals surface area contributed by atoms with E-state index in [9.17, 15) is 8.42 Å². The van der Waals surface area contributed by atoms with Crippen LogP contribution in [0.4, 0.5) is 0 Å². The third kappa shape index (κ3) is 2.73. The molecule has 0 aliphatic rings. The molecule has 0 N–H and O–H groups in total. The highest BCUT2D eigenvalue weighted by molar-refractivity contribution is 8.13. The molecule has 0 unspecified atom stereocenters. The van der Waals surface area contributed by atoms with Crippen molar-refractivity contribution in [2.45, 2.75) is 38.1 Å². The maximum absolute atomic E-state index is 11.8. The lowest BCUT2D eigenvalue weighted by Crippen LogP contribution is -2.11. The fourth-order valence-electron chi connectivity index (χ4n) is 2.20. The van der Waals surface area contributed by atoms with Crippen molar-refractivity contribution in [3.05, 3.63) is 29.6 Å². The molecule has 0 aliphatic carbocycles. The minimum Gasteiger partial charge on any atom is -0.336 e. The molecular formula is C12H17ClN4O2S. The lowest BCUT2D eigenvalue weighted by molar-refractivity contribution is 0.593. The van der Waals surface area contributed by atoms with Gasteiger partial charge < -0.3 is 4.57 Å². The average molecular weight is 317 g/mol. The first-order chi connectivity index (χ1) is 9.38. The van der Waals surface area contributed by atoms with E-state index in [1.165, 1.54) is 0 Å². The van der Waals surface area contributed by atoms with Gasteiger partial charge in [-0.15, -0.1) is 0 Å². The second-order valence-corrected chi connectivity index (χ2v) is 6.98. The number of aryl methyl sites for hydroxylation is 2. The van der Waals surface area contributed by atoms with Crippen LogP contribution in [0.25, 0.3) is 0 Å². The maximum Gasteiger partial charge on any atom is 0.264 e. The van der Waals surface area contributed by atoms with Gasteiger partial charge in [0, 0.05) is 30.1 Å². The van der Waals surface area contributed by atoms with Crippen molar-refractivity contribution < 1.29 is 8.42 Å². The van der Waals surface area contributed by atoms with Crippen LogP contribution in [-0.2, 0) is 35.5 Å². The fourth-order valence-corrected chi connectivity index (χ4v) is 3.74. The fraction of sp³-hybridized carbons (Fsp3) is 0.500. The summed E-state index contributed by atoms with van der Waals surface area (Å²) in [6, 6.07) is 0. The Kier molecular flexibility index (Phi) is 4.19. The molecule has 6 nitrogen and oxygen atoms in total. The molecule has 8 heteroatoms. The summed E-state index contributed by atoms with van der Waals surface area (Å²) in [6.07, 6.45) is 4.59. The Morgan fingerprint density at radius 2 is 2.00 bits per heavy atom. The van der Waals surface area contributed by atoms with Gasteiger partial charge in [0.15, 0.2) is 0 Å². The molecular weight excluding hydrogens is 300 g/mol. The summed E-state index contributed by atoms with van der Waals surface area (Å²) >= 11 is 0. The molecule has 110 valence electrons.